The van der Waals surface area contributed by atoms with Crippen LogP contribution in [0.3, 0.4) is 0 Å². The highest BCUT2D eigenvalue weighted by atomic mass is 32.2. The van der Waals surface area contributed by atoms with Gasteiger partial charge in [-0.1, -0.05) is 17.7 Å². The molecule has 0 spiro atoms. The van der Waals surface area contributed by atoms with Crippen molar-refractivity contribution < 1.29 is 8.42 Å². The molecule has 0 N–H and O–H groups in total. The zero-order valence-electron chi connectivity index (χ0n) is 12.6. The number of fused-ring (bicyclic) bond motifs is 1. The first-order valence-corrected chi connectivity index (χ1v) is 8.55. The summed E-state index contributed by atoms with van der Waals surface area (Å²) in [5.41, 5.74) is 3.80. The third-order valence-corrected chi connectivity index (χ3v) is 6.21. The third-order valence-electron chi connectivity index (χ3n) is 4.05. The van der Waals surface area contributed by atoms with Crippen LogP contribution in [0.4, 0.5) is 0 Å². The van der Waals surface area contributed by atoms with Crippen LogP contribution in [0.15, 0.2) is 35.4 Å². The van der Waals surface area contributed by atoms with Crippen LogP contribution in [0.1, 0.15) is 22.4 Å². The number of rotatable bonds is 2. The van der Waals surface area contributed by atoms with Crippen LogP contribution in [0.25, 0.3) is 0 Å². The molecular weight excluding hydrogens is 284 g/mol. The van der Waals surface area contributed by atoms with Gasteiger partial charge in [0, 0.05) is 25.0 Å². The molecular formula is C16H20N2O2S. The fourth-order valence-electron chi connectivity index (χ4n) is 3.20. The fourth-order valence-corrected chi connectivity index (χ4v) is 5.01. The van der Waals surface area contributed by atoms with Gasteiger partial charge in [0.1, 0.15) is 0 Å². The summed E-state index contributed by atoms with van der Waals surface area (Å²) in [5.74, 6) is 0. The average molecular weight is 304 g/mol. The molecule has 0 saturated heterocycles. The molecule has 1 aromatic heterocycles. The van der Waals surface area contributed by atoms with Crippen LogP contribution < -0.4 is 0 Å². The van der Waals surface area contributed by atoms with E-state index in [4.69, 9.17) is 0 Å². The van der Waals surface area contributed by atoms with Crippen LogP contribution in [-0.4, -0.2) is 23.8 Å². The Morgan fingerprint density at radius 3 is 2.38 bits per heavy atom. The SMILES string of the molecule is Cc1cc(C)c(S(=O)(=O)N2CCn3cccc3C2)c(C)c1. The smallest absolute Gasteiger partial charge is 0.244 e. The largest absolute Gasteiger partial charge is 0.349 e. The number of sulfonamides is 1. The van der Waals surface area contributed by atoms with Crippen LogP contribution >= 0.6 is 0 Å². The number of aromatic nitrogens is 1. The van der Waals surface area contributed by atoms with Crippen molar-refractivity contribution in [2.45, 2.75) is 38.8 Å². The Morgan fingerprint density at radius 1 is 1.05 bits per heavy atom. The molecule has 0 aliphatic carbocycles. The van der Waals surface area contributed by atoms with Crippen LogP contribution in [0, 0.1) is 20.8 Å². The standard InChI is InChI=1S/C16H20N2O2S/c1-12-9-13(2)16(14(3)10-12)21(19,20)18-8-7-17-6-4-5-15(17)11-18/h4-6,9-10H,7-8,11H2,1-3H3. The molecule has 3 rings (SSSR count). The maximum Gasteiger partial charge on any atom is 0.244 e. The summed E-state index contributed by atoms with van der Waals surface area (Å²) in [4.78, 5) is 0.466. The van der Waals surface area contributed by atoms with Crippen molar-refractivity contribution in [2.75, 3.05) is 6.54 Å². The van der Waals surface area contributed by atoms with E-state index in [0.717, 1.165) is 22.4 Å². The number of nitrogens with zero attached hydrogens (tertiary/aromatic N) is 2. The van der Waals surface area contributed by atoms with Gasteiger partial charge >= 0.3 is 0 Å². The minimum absolute atomic E-state index is 0.447. The monoisotopic (exact) mass is 304 g/mol. The van der Waals surface area contributed by atoms with E-state index in [1.807, 2.05) is 51.2 Å². The molecule has 0 unspecified atom stereocenters. The van der Waals surface area contributed by atoms with Gasteiger partial charge in [0.2, 0.25) is 10.0 Å². The molecule has 4 nitrogen and oxygen atoms in total. The van der Waals surface area contributed by atoms with Gasteiger partial charge in [-0.25, -0.2) is 8.42 Å². The first-order chi connectivity index (χ1) is 9.89. The van der Waals surface area contributed by atoms with Gasteiger partial charge in [-0.15, -0.1) is 0 Å². The summed E-state index contributed by atoms with van der Waals surface area (Å²) in [7, 11) is -3.44. The summed E-state index contributed by atoms with van der Waals surface area (Å²) >= 11 is 0. The number of hydrogen-bond donors (Lipinski definition) is 0. The Bertz CT molecular complexity index is 767. The zero-order valence-corrected chi connectivity index (χ0v) is 13.4. The summed E-state index contributed by atoms with van der Waals surface area (Å²) < 4.78 is 29.7. The van der Waals surface area contributed by atoms with Crippen LogP contribution in [0.2, 0.25) is 0 Å². The highest BCUT2D eigenvalue weighted by Crippen LogP contribution is 2.27. The topological polar surface area (TPSA) is 42.3 Å². The molecule has 2 aromatic rings. The predicted molar refractivity (Wildman–Crippen MR) is 82.7 cm³/mol. The van der Waals surface area contributed by atoms with Crippen molar-refractivity contribution in [1.29, 1.82) is 0 Å². The van der Waals surface area contributed by atoms with Crippen molar-refractivity contribution in [3.05, 3.63) is 52.8 Å². The Kier molecular flexibility index (Phi) is 3.42. The van der Waals surface area contributed by atoms with E-state index in [0.29, 0.717) is 24.5 Å². The van der Waals surface area contributed by atoms with Crippen molar-refractivity contribution in [1.82, 2.24) is 8.87 Å². The summed E-state index contributed by atoms with van der Waals surface area (Å²) in [6, 6.07) is 7.82. The van der Waals surface area contributed by atoms with Crippen LogP contribution in [0.5, 0.6) is 0 Å². The molecule has 0 saturated carbocycles. The first-order valence-electron chi connectivity index (χ1n) is 7.11. The molecule has 112 valence electrons. The first kappa shape index (κ1) is 14.4. The molecule has 0 bridgehead atoms. The van der Waals surface area contributed by atoms with E-state index in [2.05, 4.69) is 4.57 Å². The van der Waals surface area contributed by atoms with Crippen LogP contribution in [-0.2, 0) is 23.1 Å². The number of hydrogen-bond acceptors (Lipinski definition) is 2. The lowest BCUT2D eigenvalue weighted by molar-refractivity contribution is 0.341. The van der Waals surface area contributed by atoms with Gasteiger partial charge in [-0.05, 0) is 44.0 Å². The lowest BCUT2D eigenvalue weighted by Crippen LogP contribution is -2.38. The van der Waals surface area contributed by atoms with Crippen molar-refractivity contribution in [3.63, 3.8) is 0 Å². The van der Waals surface area contributed by atoms with Gasteiger partial charge in [0.25, 0.3) is 0 Å². The molecule has 2 heterocycles. The van der Waals surface area contributed by atoms with E-state index in [9.17, 15) is 8.42 Å². The predicted octanol–water partition coefficient (Wildman–Crippen LogP) is 2.62. The summed E-state index contributed by atoms with van der Waals surface area (Å²) in [5, 5.41) is 0. The molecule has 21 heavy (non-hydrogen) atoms. The van der Waals surface area contributed by atoms with E-state index in [-0.39, 0.29) is 0 Å². The van der Waals surface area contributed by atoms with E-state index >= 15 is 0 Å². The van der Waals surface area contributed by atoms with Crippen molar-refractivity contribution >= 4 is 10.0 Å². The maximum atomic E-state index is 13.0. The quantitative estimate of drug-likeness (QED) is 0.856. The lowest BCUT2D eigenvalue weighted by atomic mass is 10.1. The Labute approximate surface area is 126 Å². The Hall–Kier alpha value is -1.59. The van der Waals surface area contributed by atoms with Gasteiger partial charge in [-0.2, -0.15) is 4.31 Å². The highest BCUT2D eigenvalue weighted by Gasteiger charge is 2.30. The molecule has 1 aliphatic rings. The van der Waals surface area contributed by atoms with Gasteiger partial charge in [-0.3, -0.25) is 0 Å². The van der Waals surface area contributed by atoms with E-state index in [1.165, 1.54) is 0 Å². The van der Waals surface area contributed by atoms with Crippen molar-refractivity contribution in [3.8, 4) is 0 Å². The number of aryl methyl sites for hydroxylation is 3. The molecule has 0 radical (unpaired) electrons. The van der Waals surface area contributed by atoms with Gasteiger partial charge < -0.3 is 4.57 Å². The molecule has 1 aliphatic heterocycles. The lowest BCUT2D eigenvalue weighted by Gasteiger charge is -2.29. The second-order valence-electron chi connectivity index (χ2n) is 5.76. The molecule has 0 atom stereocenters. The maximum absolute atomic E-state index is 13.0. The van der Waals surface area contributed by atoms with E-state index < -0.39 is 10.0 Å². The minimum Gasteiger partial charge on any atom is -0.349 e. The third kappa shape index (κ3) is 2.40. The summed E-state index contributed by atoms with van der Waals surface area (Å²) in [6.45, 7) is 7.42. The zero-order chi connectivity index (χ0) is 15.2. The molecule has 0 fully saturated rings. The van der Waals surface area contributed by atoms with Gasteiger partial charge in [0.05, 0.1) is 11.4 Å². The minimum atomic E-state index is -3.44. The van der Waals surface area contributed by atoms with E-state index in [1.54, 1.807) is 4.31 Å². The Morgan fingerprint density at radius 2 is 1.71 bits per heavy atom. The summed E-state index contributed by atoms with van der Waals surface area (Å²) in [6.07, 6.45) is 2.00. The fraction of sp³-hybridized carbons (Fsp3) is 0.375. The molecule has 0 amide bonds. The van der Waals surface area contributed by atoms with Gasteiger partial charge in [0.15, 0.2) is 0 Å². The second-order valence-corrected chi connectivity index (χ2v) is 7.63. The normalized spacial score (nSPS) is 16.0. The van der Waals surface area contributed by atoms with Crippen molar-refractivity contribution in [2.24, 2.45) is 0 Å². The Balaban J connectivity index is 2.03. The molecule has 1 aromatic carbocycles. The second kappa shape index (κ2) is 5.00. The molecule has 5 heteroatoms. The average Bonchev–Trinajstić information content (AvgIpc) is 2.83. The highest BCUT2D eigenvalue weighted by molar-refractivity contribution is 7.89. The number of benzene rings is 1.